The number of ether oxygens (including phenoxy) is 2. The molecule has 35 heavy (non-hydrogen) atoms. The topological polar surface area (TPSA) is 54.9 Å². The zero-order valence-corrected chi connectivity index (χ0v) is 19.1. The Labute approximate surface area is 202 Å². The molecule has 176 valence electrons. The number of pyridine rings is 1. The van der Waals surface area contributed by atoms with Crippen LogP contribution in [0.25, 0.3) is 22.2 Å². The molecule has 6 rings (SSSR count). The van der Waals surface area contributed by atoms with Gasteiger partial charge < -0.3 is 14.4 Å². The Bertz CT molecular complexity index is 1400. The first kappa shape index (κ1) is 21.6. The Morgan fingerprint density at radius 3 is 2.49 bits per heavy atom. The molecule has 0 aliphatic carbocycles. The van der Waals surface area contributed by atoms with E-state index >= 15 is 0 Å². The maximum Gasteiger partial charge on any atom is 0.254 e. The summed E-state index contributed by atoms with van der Waals surface area (Å²) in [7, 11) is 0. The standard InChI is InChI=1S/C28H24FN3O3/c29-21-8-6-20(7-9-21)25-16-23(22-3-1-2-4-24(22)30-25)28(33)32-13-11-31(12-14-32)17-19-5-10-26-27(15-19)35-18-34-26/h1-10,15-16H,11-14,17-18H2. The molecule has 3 aromatic carbocycles. The van der Waals surface area contributed by atoms with Gasteiger partial charge in [0, 0.05) is 43.7 Å². The van der Waals surface area contributed by atoms with Crippen LogP contribution in [0, 0.1) is 5.82 Å². The fourth-order valence-corrected chi connectivity index (χ4v) is 4.70. The third kappa shape index (κ3) is 4.31. The molecule has 1 saturated heterocycles. The minimum Gasteiger partial charge on any atom is -0.454 e. The number of piperazine rings is 1. The number of para-hydroxylation sites is 1. The molecule has 0 unspecified atom stereocenters. The zero-order valence-electron chi connectivity index (χ0n) is 19.1. The fraction of sp³-hybridized carbons (Fsp3) is 0.214. The number of nitrogens with zero attached hydrogens (tertiary/aromatic N) is 3. The van der Waals surface area contributed by atoms with E-state index in [2.05, 4.69) is 11.0 Å². The zero-order chi connectivity index (χ0) is 23.8. The van der Waals surface area contributed by atoms with Crippen LogP contribution in [0.1, 0.15) is 15.9 Å². The fourth-order valence-electron chi connectivity index (χ4n) is 4.70. The van der Waals surface area contributed by atoms with Crippen molar-refractivity contribution < 1.29 is 18.7 Å². The highest BCUT2D eigenvalue weighted by Gasteiger charge is 2.25. The van der Waals surface area contributed by atoms with E-state index in [1.54, 1.807) is 12.1 Å². The highest BCUT2D eigenvalue weighted by Crippen LogP contribution is 2.33. The van der Waals surface area contributed by atoms with Gasteiger partial charge in [0.25, 0.3) is 5.91 Å². The third-order valence-electron chi connectivity index (χ3n) is 6.59. The summed E-state index contributed by atoms with van der Waals surface area (Å²) in [6.45, 7) is 3.93. The van der Waals surface area contributed by atoms with Crippen molar-refractivity contribution in [3.8, 4) is 22.8 Å². The Morgan fingerprint density at radius 2 is 1.66 bits per heavy atom. The Kier molecular flexibility index (Phi) is 5.54. The first-order valence-corrected chi connectivity index (χ1v) is 11.7. The van der Waals surface area contributed by atoms with E-state index < -0.39 is 0 Å². The number of halogens is 1. The summed E-state index contributed by atoms with van der Waals surface area (Å²) in [5.41, 5.74) is 3.98. The summed E-state index contributed by atoms with van der Waals surface area (Å²) in [5, 5.41) is 0.825. The number of rotatable bonds is 4. The lowest BCUT2D eigenvalue weighted by Gasteiger charge is -2.35. The second kappa shape index (κ2) is 9.00. The number of aromatic nitrogens is 1. The quantitative estimate of drug-likeness (QED) is 0.433. The number of fused-ring (bicyclic) bond motifs is 2. The van der Waals surface area contributed by atoms with Gasteiger partial charge in [-0.1, -0.05) is 24.3 Å². The van der Waals surface area contributed by atoms with Crippen LogP contribution in [0.5, 0.6) is 11.5 Å². The van der Waals surface area contributed by atoms with Crippen LogP contribution in [0.4, 0.5) is 4.39 Å². The Morgan fingerprint density at radius 1 is 0.886 bits per heavy atom. The number of carbonyl (C=O) groups is 1. The predicted molar refractivity (Wildman–Crippen MR) is 131 cm³/mol. The van der Waals surface area contributed by atoms with E-state index in [-0.39, 0.29) is 18.5 Å². The maximum atomic E-state index is 13.6. The molecular weight excluding hydrogens is 445 g/mol. The lowest BCUT2D eigenvalue weighted by Crippen LogP contribution is -2.48. The normalized spacial score (nSPS) is 15.5. The van der Waals surface area contributed by atoms with Crippen LogP contribution in [-0.4, -0.2) is 53.7 Å². The molecular formula is C28H24FN3O3. The molecule has 1 aromatic heterocycles. The summed E-state index contributed by atoms with van der Waals surface area (Å²) < 4.78 is 24.3. The first-order chi connectivity index (χ1) is 17.1. The van der Waals surface area contributed by atoms with Gasteiger partial charge in [0.05, 0.1) is 16.8 Å². The highest BCUT2D eigenvalue weighted by atomic mass is 19.1. The SMILES string of the molecule is O=C(c1cc(-c2ccc(F)cc2)nc2ccccc12)N1CCN(Cc2ccc3c(c2)OCO3)CC1. The van der Waals surface area contributed by atoms with Gasteiger partial charge in [-0.05, 0) is 54.1 Å². The van der Waals surface area contributed by atoms with Crippen molar-refractivity contribution in [2.45, 2.75) is 6.54 Å². The lowest BCUT2D eigenvalue weighted by atomic mass is 10.0. The summed E-state index contributed by atoms with van der Waals surface area (Å²) >= 11 is 0. The van der Waals surface area contributed by atoms with Crippen molar-refractivity contribution >= 4 is 16.8 Å². The molecule has 2 aliphatic rings. The summed E-state index contributed by atoms with van der Waals surface area (Å²) in [5.74, 6) is 1.27. The van der Waals surface area contributed by atoms with Crippen LogP contribution in [-0.2, 0) is 6.54 Å². The number of carbonyl (C=O) groups excluding carboxylic acids is 1. The monoisotopic (exact) mass is 469 g/mol. The molecule has 0 spiro atoms. The molecule has 0 N–H and O–H groups in total. The van der Waals surface area contributed by atoms with E-state index in [0.717, 1.165) is 53.2 Å². The first-order valence-electron chi connectivity index (χ1n) is 11.7. The molecule has 0 atom stereocenters. The second-order valence-corrected chi connectivity index (χ2v) is 8.84. The molecule has 4 aromatic rings. The summed E-state index contributed by atoms with van der Waals surface area (Å²) in [4.78, 5) is 22.6. The van der Waals surface area contributed by atoms with E-state index in [0.29, 0.717) is 24.3 Å². The Hall–Kier alpha value is -3.97. The Balaban J connectivity index is 1.20. The van der Waals surface area contributed by atoms with Crippen molar-refractivity contribution in [1.82, 2.24) is 14.8 Å². The van der Waals surface area contributed by atoms with Gasteiger partial charge >= 0.3 is 0 Å². The minimum atomic E-state index is -0.301. The largest absolute Gasteiger partial charge is 0.454 e. The highest BCUT2D eigenvalue weighted by molar-refractivity contribution is 6.07. The van der Waals surface area contributed by atoms with Crippen molar-refractivity contribution in [1.29, 1.82) is 0 Å². The van der Waals surface area contributed by atoms with Crippen molar-refractivity contribution in [2.75, 3.05) is 33.0 Å². The van der Waals surface area contributed by atoms with Crippen LogP contribution in [0.2, 0.25) is 0 Å². The van der Waals surface area contributed by atoms with Crippen molar-refractivity contribution in [3.63, 3.8) is 0 Å². The predicted octanol–water partition coefficient (Wildman–Crippen LogP) is 4.73. The van der Waals surface area contributed by atoms with Gasteiger partial charge in [-0.3, -0.25) is 9.69 Å². The van der Waals surface area contributed by atoms with Gasteiger partial charge in [-0.2, -0.15) is 0 Å². The van der Waals surface area contributed by atoms with E-state index in [9.17, 15) is 9.18 Å². The summed E-state index contributed by atoms with van der Waals surface area (Å²) in [6.07, 6.45) is 0. The minimum absolute atomic E-state index is 0.00492. The lowest BCUT2D eigenvalue weighted by molar-refractivity contribution is 0.0630. The molecule has 7 heteroatoms. The van der Waals surface area contributed by atoms with Crippen molar-refractivity contribution in [2.24, 2.45) is 0 Å². The van der Waals surface area contributed by atoms with Gasteiger partial charge in [-0.25, -0.2) is 9.37 Å². The second-order valence-electron chi connectivity index (χ2n) is 8.84. The van der Waals surface area contributed by atoms with Crippen LogP contribution in [0.3, 0.4) is 0 Å². The molecule has 1 fully saturated rings. The number of hydrogen-bond donors (Lipinski definition) is 0. The van der Waals surface area contributed by atoms with Gasteiger partial charge in [0.2, 0.25) is 6.79 Å². The smallest absolute Gasteiger partial charge is 0.254 e. The molecule has 0 radical (unpaired) electrons. The van der Waals surface area contributed by atoms with E-state index in [1.807, 2.05) is 47.4 Å². The van der Waals surface area contributed by atoms with Crippen molar-refractivity contribution in [3.05, 3.63) is 89.7 Å². The average Bonchev–Trinajstić information content (AvgIpc) is 3.36. The van der Waals surface area contributed by atoms with E-state index in [1.165, 1.54) is 12.1 Å². The molecule has 0 bridgehead atoms. The number of amides is 1. The molecule has 1 amide bonds. The number of benzene rings is 3. The van der Waals surface area contributed by atoms with E-state index in [4.69, 9.17) is 14.5 Å². The molecule has 2 aliphatic heterocycles. The van der Waals surface area contributed by atoms with Crippen LogP contribution < -0.4 is 9.47 Å². The van der Waals surface area contributed by atoms with Crippen LogP contribution in [0.15, 0.2) is 72.8 Å². The van der Waals surface area contributed by atoms with Gasteiger partial charge in [-0.15, -0.1) is 0 Å². The van der Waals surface area contributed by atoms with Gasteiger partial charge in [0.1, 0.15) is 5.82 Å². The summed E-state index contributed by atoms with van der Waals surface area (Å²) in [6, 6.07) is 21.7. The maximum absolute atomic E-state index is 13.6. The molecule has 3 heterocycles. The number of hydrogen-bond acceptors (Lipinski definition) is 5. The average molecular weight is 470 g/mol. The third-order valence-corrected chi connectivity index (χ3v) is 6.59. The van der Waals surface area contributed by atoms with Crippen LogP contribution >= 0.6 is 0 Å². The molecule has 6 nitrogen and oxygen atoms in total. The van der Waals surface area contributed by atoms with Gasteiger partial charge in [0.15, 0.2) is 11.5 Å². The molecule has 0 saturated carbocycles.